The number of amides is 2. The summed E-state index contributed by atoms with van der Waals surface area (Å²) in [5.41, 5.74) is 1.14. The molecular weight excluding hydrogens is 507 g/mol. The monoisotopic (exact) mass is 528 g/mol. The maximum atomic E-state index is 14.0. The van der Waals surface area contributed by atoms with Crippen LogP contribution in [0.15, 0.2) is 66.0 Å². The lowest BCUT2D eigenvalue weighted by atomic mass is 10.2. The molecular formula is C23H21FN6O4S2. The van der Waals surface area contributed by atoms with E-state index in [-0.39, 0.29) is 40.7 Å². The number of carbonyl (C=O) groups is 2. The summed E-state index contributed by atoms with van der Waals surface area (Å²) in [7, 11) is -3.84. The van der Waals surface area contributed by atoms with E-state index in [1.165, 1.54) is 34.3 Å². The second-order valence-corrected chi connectivity index (χ2v) is 10.7. The van der Waals surface area contributed by atoms with Crippen LogP contribution in [0.25, 0.3) is 10.9 Å². The van der Waals surface area contributed by atoms with Gasteiger partial charge in [0.05, 0.1) is 10.4 Å². The smallest absolute Gasteiger partial charge is 0.263 e. The van der Waals surface area contributed by atoms with Crippen LogP contribution in [0.1, 0.15) is 13.0 Å². The molecule has 1 saturated heterocycles. The van der Waals surface area contributed by atoms with Gasteiger partial charge in [-0.05, 0) is 49.4 Å². The minimum Gasteiger partial charge on any atom is -0.335 e. The SMILES string of the molecule is C[C@H](C(=O)N1CCN(c2ccc(S(=O)(=O)Nc3ncns3)cc2)C(=O)C1)n1ccc2c(F)cccc21. The van der Waals surface area contributed by atoms with Crippen molar-refractivity contribution in [3.63, 3.8) is 0 Å². The maximum Gasteiger partial charge on any atom is 0.263 e. The summed E-state index contributed by atoms with van der Waals surface area (Å²) in [4.78, 5) is 32.9. The Morgan fingerprint density at radius 3 is 2.61 bits per heavy atom. The Bertz CT molecular complexity index is 1540. The maximum absolute atomic E-state index is 14.0. The Morgan fingerprint density at radius 1 is 1.14 bits per heavy atom. The molecule has 4 aromatic rings. The largest absolute Gasteiger partial charge is 0.335 e. The molecule has 36 heavy (non-hydrogen) atoms. The Labute approximate surface area is 210 Å². The number of piperazine rings is 1. The average Bonchev–Trinajstić information content (AvgIpc) is 3.53. The van der Waals surface area contributed by atoms with Crippen LogP contribution in [0.5, 0.6) is 0 Å². The number of hydrogen-bond acceptors (Lipinski definition) is 7. The molecule has 2 aromatic carbocycles. The lowest BCUT2D eigenvalue weighted by Gasteiger charge is -2.35. The van der Waals surface area contributed by atoms with Crippen LogP contribution in [-0.2, 0) is 19.6 Å². The first kappa shape index (κ1) is 23.9. The predicted octanol–water partition coefficient (Wildman–Crippen LogP) is 2.87. The third-order valence-electron chi connectivity index (χ3n) is 6.06. The van der Waals surface area contributed by atoms with E-state index < -0.39 is 16.1 Å². The van der Waals surface area contributed by atoms with E-state index in [0.717, 1.165) is 11.5 Å². The van der Waals surface area contributed by atoms with Gasteiger partial charge in [-0.2, -0.15) is 4.37 Å². The van der Waals surface area contributed by atoms with E-state index in [1.54, 1.807) is 48.0 Å². The molecule has 0 spiro atoms. The summed E-state index contributed by atoms with van der Waals surface area (Å²) >= 11 is 0.920. The van der Waals surface area contributed by atoms with E-state index >= 15 is 0 Å². The van der Waals surface area contributed by atoms with Crippen molar-refractivity contribution >= 4 is 55.1 Å². The van der Waals surface area contributed by atoms with Crippen molar-refractivity contribution in [2.75, 3.05) is 29.3 Å². The van der Waals surface area contributed by atoms with Crippen molar-refractivity contribution in [3.8, 4) is 0 Å². The summed E-state index contributed by atoms with van der Waals surface area (Å²) in [6, 6.07) is 11.6. The van der Waals surface area contributed by atoms with Gasteiger partial charge in [0.1, 0.15) is 24.7 Å². The average molecular weight is 529 g/mol. The number of benzene rings is 2. The lowest BCUT2D eigenvalue weighted by Crippen LogP contribution is -2.53. The minimum atomic E-state index is -3.84. The Kier molecular flexibility index (Phi) is 6.18. The van der Waals surface area contributed by atoms with E-state index in [0.29, 0.717) is 23.1 Å². The van der Waals surface area contributed by atoms with Gasteiger partial charge >= 0.3 is 0 Å². The highest BCUT2D eigenvalue weighted by Gasteiger charge is 2.31. The number of fused-ring (bicyclic) bond motifs is 1. The molecule has 1 aliphatic heterocycles. The quantitative estimate of drug-likeness (QED) is 0.411. The molecule has 5 rings (SSSR count). The number of nitrogens with one attached hydrogen (secondary N) is 1. The van der Waals surface area contributed by atoms with Crippen molar-refractivity contribution in [3.05, 3.63) is 66.9 Å². The molecule has 186 valence electrons. The van der Waals surface area contributed by atoms with Crippen molar-refractivity contribution in [1.29, 1.82) is 0 Å². The number of sulfonamides is 1. The van der Waals surface area contributed by atoms with Crippen LogP contribution in [0.4, 0.5) is 15.2 Å². The van der Waals surface area contributed by atoms with Gasteiger partial charge < -0.3 is 14.4 Å². The van der Waals surface area contributed by atoms with Gasteiger partial charge in [-0.1, -0.05) is 6.07 Å². The first-order valence-electron chi connectivity index (χ1n) is 11.0. The number of rotatable bonds is 6. The predicted molar refractivity (Wildman–Crippen MR) is 133 cm³/mol. The first-order chi connectivity index (χ1) is 17.2. The van der Waals surface area contributed by atoms with Crippen LogP contribution in [-0.4, -0.2) is 58.7 Å². The Balaban J connectivity index is 1.26. The van der Waals surface area contributed by atoms with Gasteiger partial charge in [-0.25, -0.2) is 17.8 Å². The third kappa shape index (κ3) is 4.42. The number of halogens is 1. The minimum absolute atomic E-state index is 0.0203. The van der Waals surface area contributed by atoms with E-state index in [2.05, 4.69) is 14.1 Å². The van der Waals surface area contributed by atoms with Gasteiger partial charge in [-0.3, -0.25) is 14.3 Å². The van der Waals surface area contributed by atoms with Gasteiger partial charge in [0, 0.05) is 41.9 Å². The van der Waals surface area contributed by atoms with E-state index in [1.807, 2.05) is 0 Å². The molecule has 3 heterocycles. The number of nitrogens with zero attached hydrogens (tertiary/aromatic N) is 5. The molecule has 2 amide bonds. The zero-order valence-corrected chi connectivity index (χ0v) is 20.7. The van der Waals surface area contributed by atoms with Crippen molar-refractivity contribution in [2.45, 2.75) is 17.9 Å². The third-order valence-corrected chi connectivity index (χ3v) is 8.12. The van der Waals surface area contributed by atoms with E-state index in [4.69, 9.17) is 0 Å². The van der Waals surface area contributed by atoms with Gasteiger partial charge in [0.15, 0.2) is 0 Å². The number of anilines is 2. The van der Waals surface area contributed by atoms with Gasteiger partial charge in [0.2, 0.25) is 16.9 Å². The van der Waals surface area contributed by atoms with Crippen LogP contribution in [0.2, 0.25) is 0 Å². The highest BCUT2D eigenvalue weighted by molar-refractivity contribution is 7.93. The molecule has 13 heteroatoms. The molecule has 10 nitrogen and oxygen atoms in total. The van der Waals surface area contributed by atoms with Crippen molar-refractivity contribution < 1.29 is 22.4 Å². The molecule has 0 unspecified atom stereocenters. The number of aromatic nitrogens is 3. The fourth-order valence-corrected chi connectivity index (χ4v) is 5.86. The standard InChI is InChI=1S/C23H21FN6O4S2/c1-15(29-10-9-18-19(24)3-2-4-20(18)29)22(32)28-11-12-30(21(31)13-28)16-5-7-17(8-6-16)36(33,34)27-23-25-14-26-35-23/h2-10,14-15H,11-13H2,1H3,(H,25,26,27)/t15-/m1/s1. The fraction of sp³-hybridized carbons (Fsp3) is 0.217. The zero-order valence-electron chi connectivity index (χ0n) is 19.0. The Morgan fingerprint density at radius 2 is 1.92 bits per heavy atom. The van der Waals surface area contributed by atoms with Crippen LogP contribution in [0, 0.1) is 5.82 Å². The summed E-state index contributed by atoms with van der Waals surface area (Å²) in [5.74, 6) is -0.883. The normalized spacial score (nSPS) is 15.3. The molecule has 0 saturated carbocycles. The van der Waals surface area contributed by atoms with Crippen molar-refractivity contribution in [2.24, 2.45) is 0 Å². The van der Waals surface area contributed by atoms with Crippen molar-refractivity contribution in [1.82, 2.24) is 18.8 Å². The van der Waals surface area contributed by atoms with E-state index in [9.17, 15) is 22.4 Å². The zero-order chi connectivity index (χ0) is 25.4. The molecule has 1 fully saturated rings. The van der Waals surface area contributed by atoms with Crippen LogP contribution in [0.3, 0.4) is 0 Å². The molecule has 1 aliphatic rings. The summed E-state index contributed by atoms with van der Waals surface area (Å²) < 4.78 is 46.9. The van der Waals surface area contributed by atoms with Crippen LogP contribution < -0.4 is 9.62 Å². The second-order valence-electron chi connectivity index (χ2n) is 8.22. The summed E-state index contributed by atoms with van der Waals surface area (Å²) in [6.45, 7) is 2.17. The number of carbonyl (C=O) groups excluding carboxylic acids is 2. The highest BCUT2D eigenvalue weighted by atomic mass is 32.2. The number of hydrogen-bond donors (Lipinski definition) is 1. The van der Waals surface area contributed by atoms with Gasteiger partial charge in [-0.15, -0.1) is 0 Å². The van der Waals surface area contributed by atoms with Crippen LogP contribution >= 0.6 is 11.5 Å². The molecule has 0 bridgehead atoms. The molecule has 1 atom stereocenters. The lowest BCUT2D eigenvalue weighted by molar-refractivity contribution is -0.139. The summed E-state index contributed by atoms with van der Waals surface area (Å²) in [6.07, 6.45) is 2.92. The van der Waals surface area contributed by atoms with Gasteiger partial charge in [0.25, 0.3) is 10.0 Å². The molecule has 1 N–H and O–H groups in total. The fourth-order valence-electron chi connectivity index (χ4n) is 4.20. The molecule has 0 radical (unpaired) electrons. The molecule has 2 aromatic heterocycles. The summed E-state index contributed by atoms with van der Waals surface area (Å²) in [5, 5.41) is 0.587. The molecule has 0 aliphatic carbocycles. The topological polar surface area (TPSA) is 118 Å². The second kappa shape index (κ2) is 9.32. The first-order valence-corrected chi connectivity index (χ1v) is 13.2. The Hall–Kier alpha value is -3.84. The highest BCUT2D eigenvalue weighted by Crippen LogP contribution is 2.26.